The van der Waals surface area contributed by atoms with E-state index in [4.69, 9.17) is 5.11 Å². The fourth-order valence-corrected chi connectivity index (χ4v) is 3.08. The van der Waals surface area contributed by atoms with Crippen LogP contribution in [-0.2, 0) is 12.8 Å². The van der Waals surface area contributed by atoms with Crippen LogP contribution in [0.25, 0.3) is 10.2 Å². The topological polar surface area (TPSA) is 50.2 Å². The molecule has 4 heteroatoms. The third-order valence-corrected chi connectivity index (χ3v) is 4.22. The van der Waals surface area contributed by atoms with Gasteiger partial charge in [-0.1, -0.05) is 42.5 Å². The number of carboxylic acid groups (broad SMARTS) is 1. The van der Waals surface area contributed by atoms with Crippen molar-refractivity contribution in [3.8, 4) is 0 Å². The van der Waals surface area contributed by atoms with E-state index in [1.165, 1.54) is 16.9 Å². The van der Waals surface area contributed by atoms with Gasteiger partial charge in [0.05, 0.1) is 10.2 Å². The Balaban J connectivity index is 1.89. The fourth-order valence-electron chi connectivity index (χ4n) is 2.22. The van der Waals surface area contributed by atoms with E-state index in [9.17, 15) is 4.79 Å². The van der Waals surface area contributed by atoms with Crippen molar-refractivity contribution < 1.29 is 9.90 Å². The lowest BCUT2D eigenvalue weighted by Gasteiger charge is -2.02. The summed E-state index contributed by atoms with van der Waals surface area (Å²) < 4.78 is 0.938. The van der Waals surface area contributed by atoms with Gasteiger partial charge in [0.25, 0.3) is 0 Å². The van der Waals surface area contributed by atoms with Crippen molar-refractivity contribution in [2.45, 2.75) is 12.8 Å². The summed E-state index contributed by atoms with van der Waals surface area (Å²) in [6.45, 7) is 0. The first-order valence-electron chi connectivity index (χ1n) is 6.40. The summed E-state index contributed by atoms with van der Waals surface area (Å²) in [7, 11) is 0. The first-order valence-corrected chi connectivity index (χ1v) is 7.21. The van der Waals surface area contributed by atoms with Gasteiger partial charge in [0, 0.05) is 0 Å². The maximum absolute atomic E-state index is 11.0. The predicted octanol–water partition coefficient (Wildman–Crippen LogP) is 3.78. The molecule has 0 saturated heterocycles. The highest BCUT2D eigenvalue weighted by molar-refractivity contribution is 7.20. The number of aromatic nitrogens is 1. The Kier molecular flexibility index (Phi) is 3.48. The number of para-hydroxylation sites is 1. The van der Waals surface area contributed by atoms with Crippen LogP contribution in [0.2, 0.25) is 0 Å². The minimum absolute atomic E-state index is 0.159. The van der Waals surface area contributed by atoms with E-state index in [0.717, 1.165) is 28.6 Å². The molecule has 0 amide bonds. The Hall–Kier alpha value is -2.20. The summed E-state index contributed by atoms with van der Waals surface area (Å²) in [5.74, 6) is -0.958. The van der Waals surface area contributed by atoms with Crippen LogP contribution in [0.5, 0.6) is 0 Å². The zero-order valence-corrected chi connectivity index (χ0v) is 11.6. The second kappa shape index (κ2) is 5.43. The molecule has 0 fully saturated rings. The molecule has 0 saturated carbocycles. The van der Waals surface area contributed by atoms with Gasteiger partial charge in [0.2, 0.25) is 5.01 Å². The lowest BCUT2D eigenvalue weighted by atomic mass is 10.0. The number of hydrogen-bond donors (Lipinski definition) is 1. The van der Waals surface area contributed by atoms with Crippen LogP contribution in [0.15, 0.2) is 48.5 Å². The number of hydrogen-bond acceptors (Lipinski definition) is 3. The van der Waals surface area contributed by atoms with Crippen molar-refractivity contribution in [2.75, 3.05) is 0 Å². The van der Waals surface area contributed by atoms with Crippen LogP contribution in [0.4, 0.5) is 0 Å². The maximum Gasteiger partial charge on any atom is 0.365 e. The number of carbonyl (C=O) groups is 1. The summed E-state index contributed by atoms with van der Waals surface area (Å²) in [5, 5.41) is 9.19. The molecule has 1 aromatic heterocycles. The third-order valence-electron chi connectivity index (χ3n) is 3.21. The van der Waals surface area contributed by atoms with Crippen LogP contribution in [-0.4, -0.2) is 16.1 Å². The van der Waals surface area contributed by atoms with E-state index in [0.29, 0.717) is 0 Å². The molecule has 0 bridgehead atoms. The number of aryl methyl sites for hydroxylation is 2. The smallest absolute Gasteiger partial charge is 0.365 e. The minimum atomic E-state index is -0.958. The number of benzene rings is 2. The summed E-state index contributed by atoms with van der Waals surface area (Å²) in [5.41, 5.74) is 3.21. The Labute approximate surface area is 120 Å². The van der Waals surface area contributed by atoms with Crippen LogP contribution in [0, 0.1) is 0 Å². The molecule has 0 atom stereocenters. The van der Waals surface area contributed by atoms with Crippen LogP contribution >= 0.6 is 11.3 Å². The Morgan fingerprint density at radius 1 is 1.05 bits per heavy atom. The lowest BCUT2D eigenvalue weighted by molar-refractivity contribution is 0.0696. The minimum Gasteiger partial charge on any atom is -0.476 e. The van der Waals surface area contributed by atoms with Gasteiger partial charge in [-0.3, -0.25) is 0 Å². The normalized spacial score (nSPS) is 10.8. The van der Waals surface area contributed by atoms with Gasteiger partial charge >= 0.3 is 5.97 Å². The van der Waals surface area contributed by atoms with Gasteiger partial charge in [-0.15, -0.1) is 11.3 Å². The number of rotatable bonds is 4. The molecule has 3 nitrogen and oxygen atoms in total. The van der Waals surface area contributed by atoms with E-state index in [-0.39, 0.29) is 5.01 Å². The van der Waals surface area contributed by atoms with Gasteiger partial charge in [-0.25, -0.2) is 9.78 Å². The lowest BCUT2D eigenvalue weighted by Crippen LogP contribution is -1.95. The summed E-state index contributed by atoms with van der Waals surface area (Å²) in [6, 6.07) is 16.2. The Morgan fingerprint density at radius 3 is 2.60 bits per heavy atom. The first-order chi connectivity index (χ1) is 9.74. The van der Waals surface area contributed by atoms with Crippen molar-refractivity contribution in [1.29, 1.82) is 0 Å². The molecule has 3 aromatic rings. The number of aromatic carboxylic acids is 1. The number of fused-ring (bicyclic) bond motifs is 1. The van der Waals surface area contributed by atoms with Gasteiger partial charge in [-0.05, 0) is 30.0 Å². The molecule has 0 radical (unpaired) electrons. The molecular formula is C16H13NO2S. The molecule has 20 heavy (non-hydrogen) atoms. The molecule has 0 aliphatic rings. The SMILES string of the molecule is O=C(O)c1nc2c(CCc3ccccc3)cccc2s1. The first kappa shape index (κ1) is 12.8. The van der Waals surface area contributed by atoms with Crippen molar-refractivity contribution in [1.82, 2.24) is 4.98 Å². The summed E-state index contributed by atoms with van der Waals surface area (Å²) >= 11 is 1.23. The highest BCUT2D eigenvalue weighted by Crippen LogP contribution is 2.25. The number of thiazole rings is 1. The molecule has 1 heterocycles. The molecule has 1 N–H and O–H groups in total. The second-order valence-electron chi connectivity index (χ2n) is 4.57. The van der Waals surface area contributed by atoms with E-state index in [2.05, 4.69) is 17.1 Å². The van der Waals surface area contributed by atoms with E-state index < -0.39 is 5.97 Å². The molecule has 100 valence electrons. The van der Waals surface area contributed by atoms with E-state index in [1.807, 2.05) is 36.4 Å². The van der Waals surface area contributed by atoms with Crippen molar-refractivity contribution >= 4 is 27.5 Å². The average Bonchev–Trinajstić information content (AvgIpc) is 2.91. The van der Waals surface area contributed by atoms with Crippen LogP contribution in [0.3, 0.4) is 0 Å². The standard InChI is InChI=1S/C16H13NO2S/c18-16(19)15-17-14-12(7-4-8-13(14)20-15)10-9-11-5-2-1-3-6-11/h1-8H,9-10H2,(H,18,19). The molecular weight excluding hydrogens is 270 g/mol. The molecule has 0 aliphatic heterocycles. The van der Waals surface area contributed by atoms with Crippen molar-refractivity contribution in [3.63, 3.8) is 0 Å². The summed E-state index contributed by atoms with van der Waals surface area (Å²) in [4.78, 5) is 15.3. The second-order valence-corrected chi connectivity index (χ2v) is 5.60. The van der Waals surface area contributed by atoms with Gasteiger partial charge in [-0.2, -0.15) is 0 Å². The average molecular weight is 283 g/mol. The fraction of sp³-hybridized carbons (Fsp3) is 0.125. The molecule has 2 aromatic carbocycles. The number of carboxylic acids is 1. The number of nitrogens with zero attached hydrogens (tertiary/aromatic N) is 1. The van der Waals surface area contributed by atoms with E-state index in [1.54, 1.807) is 0 Å². The Morgan fingerprint density at radius 2 is 1.85 bits per heavy atom. The van der Waals surface area contributed by atoms with E-state index >= 15 is 0 Å². The van der Waals surface area contributed by atoms with Crippen molar-refractivity contribution in [3.05, 3.63) is 64.7 Å². The molecule has 0 aliphatic carbocycles. The van der Waals surface area contributed by atoms with Crippen LogP contribution < -0.4 is 0 Å². The van der Waals surface area contributed by atoms with Gasteiger partial charge in [0.15, 0.2) is 0 Å². The molecule has 0 unspecified atom stereocenters. The third kappa shape index (κ3) is 2.56. The maximum atomic E-state index is 11.0. The molecule has 3 rings (SSSR count). The zero-order chi connectivity index (χ0) is 13.9. The predicted molar refractivity (Wildman–Crippen MR) is 80.4 cm³/mol. The highest BCUT2D eigenvalue weighted by atomic mass is 32.1. The van der Waals surface area contributed by atoms with Gasteiger partial charge < -0.3 is 5.11 Å². The van der Waals surface area contributed by atoms with Gasteiger partial charge in [0.1, 0.15) is 0 Å². The van der Waals surface area contributed by atoms with Crippen molar-refractivity contribution in [2.24, 2.45) is 0 Å². The Bertz CT molecular complexity index is 750. The van der Waals surface area contributed by atoms with Crippen LogP contribution in [0.1, 0.15) is 20.9 Å². The largest absolute Gasteiger partial charge is 0.476 e. The quantitative estimate of drug-likeness (QED) is 0.792. The zero-order valence-electron chi connectivity index (χ0n) is 10.7. The highest BCUT2D eigenvalue weighted by Gasteiger charge is 2.12. The summed E-state index contributed by atoms with van der Waals surface area (Å²) in [6.07, 6.45) is 1.80. The molecule has 0 spiro atoms. The monoisotopic (exact) mass is 283 g/mol.